The molecule has 1 fully saturated rings. The summed E-state index contributed by atoms with van der Waals surface area (Å²) in [4.78, 5) is 22.2. The fraction of sp³-hybridized carbons (Fsp3) is 0.818. The molecule has 1 rings (SSSR count). The van der Waals surface area contributed by atoms with Gasteiger partial charge in [0.1, 0.15) is 5.60 Å². The van der Waals surface area contributed by atoms with Crippen molar-refractivity contribution in [2.75, 3.05) is 6.54 Å². The average molecular weight is 228 g/mol. The van der Waals surface area contributed by atoms with Crippen LogP contribution in [0.5, 0.6) is 0 Å². The largest absolute Gasteiger partial charge is 0.444 e. The third-order valence-electron chi connectivity index (χ3n) is 2.25. The quantitative estimate of drug-likeness (QED) is 0.762. The van der Waals surface area contributed by atoms with Crippen LogP contribution in [-0.4, -0.2) is 30.2 Å². The number of hydrogen-bond donors (Lipinski definition) is 2. The van der Waals surface area contributed by atoms with E-state index in [1.165, 1.54) is 0 Å². The second kappa shape index (κ2) is 5.18. The van der Waals surface area contributed by atoms with E-state index in [1.807, 2.05) is 20.8 Å². The summed E-state index contributed by atoms with van der Waals surface area (Å²) in [7, 11) is 0. The molecule has 0 radical (unpaired) electrons. The lowest BCUT2D eigenvalue weighted by atomic mass is 10.1. The molecule has 0 aromatic carbocycles. The van der Waals surface area contributed by atoms with E-state index in [2.05, 4.69) is 10.6 Å². The fourth-order valence-electron chi connectivity index (χ4n) is 1.56. The SMILES string of the molecule is CC(C)(C)OC(=O)NCC[C@@H]1CCC(=O)N1. The molecular weight excluding hydrogens is 208 g/mol. The Morgan fingerprint density at radius 1 is 1.56 bits per heavy atom. The van der Waals surface area contributed by atoms with Crippen molar-refractivity contribution in [2.45, 2.75) is 51.7 Å². The zero-order valence-electron chi connectivity index (χ0n) is 10.1. The van der Waals surface area contributed by atoms with Crippen LogP contribution in [0.4, 0.5) is 4.79 Å². The van der Waals surface area contributed by atoms with Gasteiger partial charge in [-0.05, 0) is 33.6 Å². The molecule has 1 saturated heterocycles. The lowest BCUT2D eigenvalue weighted by molar-refractivity contribution is -0.119. The number of hydrogen-bond acceptors (Lipinski definition) is 3. The molecule has 0 aromatic heterocycles. The third-order valence-corrected chi connectivity index (χ3v) is 2.25. The zero-order chi connectivity index (χ0) is 12.2. The molecule has 0 saturated carbocycles. The lowest BCUT2D eigenvalue weighted by Crippen LogP contribution is -2.35. The van der Waals surface area contributed by atoms with Gasteiger partial charge in [-0.15, -0.1) is 0 Å². The maximum atomic E-state index is 11.3. The van der Waals surface area contributed by atoms with Gasteiger partial charge >= 0.3 is 6.09 Å². The van der Waals surface area contributed by atoms with Crippen molar-refractivity contribution in [2.24, 2.45) is 0 Å². The van der Waals surface area contributed by atoms with Gasteiger partial charge in [0.15, 0.2) is 0 Å². The smallest absolute Gasteiger partial charge is 0.407 e. The van der Waals surface area contributed by atoms with Crippen molar-refractivity contribution in [3.05, 3.63) is 0 Å². The molecule has 0 unspecified atom stereocenters. The van der Waals surface area contributed by atoms with Gasteiger partial charge in [0, 0.05) is 19.0 Å². The van der Waals surface area contributed by atoms with E-state index in [4.69, 9.17) is 4.74 Å². The fourth-order valence-corrected chi connectivity index (χ4v) is 1.56. The Bertz CT molecular complexity index is 271. The summed E-state index contributed by atoms with van der Waals surface area (Å²) in [6.45, 7) is 6.00. The van der Waals surface area contributed by atoms with Crippen molar-refractivity contribution in [3.63, 3.8) is 0 Å². The second-order valence-corrected chi connectivity index (χ2v) is 5.02. The van der Waals surface area contributed by atoms with E-state index in [1.54, 1.807) is 0 Å². The van der Waals surface area contributed by atoms with Crippen LogP contribution in [0.25, 0.3) is 0 Å². The Morgan fingerprint density at radius 2 is 2.25 bits per heavy atom. The number of carbonyl (C=O) groups excluding carboxylic acids is 2. The summed E-state index contributed by atoms with van der Waals surface area (Å²) in [5, 5.41) is 5.51. The van der Waals surface area contributed by atoms with E-state index in [0.717, 1.165) is 12.8 Å². The van der Waals surface area contributed by atoms with Gasteiger partial charge in [-0.25, -0.2) is 4.79 Å². The van der Waals surface area contributed by atoms with Gasteiger partial charge in [0.05, 0.1) is 0 Å². The van der Waals surface area contributed by atoms with E-state index in [0.29, 0.717) is 13.0 Å². The number of carbonyl (C=O) groups is 2. The first-order valence-corrected chi connectivity index (χ1v) is 5.63. The minimum atomic E-state index is -0.467. The summed E-state index contributed by atoms with van der Waals surface area (Å²) in [5.74, 6) is 0.0993. The van der Waals surface area contributed by atoms with E-state index in [9.17, 15) is 9.59 Å². The Balaban J connectivity index is 2.11. The maximum Gasteiger partial charge on any atom is 0.407 e. The van der Waals surface area contributed by atoms with Gasteiger partial charge in [-0.3, -0.25) is 4.79 Å². The van der Waals surface area contributed by atoms with Gasteiger partial charge in [-0.2, -0.15) is 0 Å². The number of alkyl carbamates (subject to hydrolysis) is 1. The Hall–Kier alpha value is -1.26. The van der Waals surface area contributed by atoms with Crippen LogP contribution < -0.4 is 10.6 Å². The van der Waals surface area contributed by atoms with Crippen molar-refractivity contribution in [3.8, 4) is 0 Å². The molecule has 1 aliphatic heterocycles. The van der Waals surface area contributed by atoms with Gasteiger partial charge in [-0.1, -0.05) is 0 Å². The molecule has 1 aliphatic rings. The molecular formula is C11H20N2O3. The Morgan fingerprint density at radius 3 is 2.75 bits per heavy atom. The monoisotopic (exact) mass is 228 g/mol. The van der Waals surface area contributed by atoms with E-state index >= 15 is 0 Å². The molecule has 0 aromatic rings. The van der Waals surface area contributed by atoms with Crippen LogP contribution in [0, 0.1) is 0 Å². The number of amides is 2. The summed E-state index contributed by atoms with van der Waals surface area (Å²) >= 11 is 0. The molecule has 92 valence electrons. The standard InChI is InChI=1S/C11H20N2O3/c1-11(2,3)16-10(15)12-7-6-8-4-5-9(14)13-8/h8H,4-7H2,1-3H3,(H,12,15)(H,13,14)/t8-/m0/s1. The highest BCUT2D eigenvalue weighted by Crippen LogP contribution is 2.09. The molecule has 0 aliphatic carbocycles. The van der Waals surface area contributed by atoms with Crippen molar-refractivity contribution < 1.29 is 14.3 Å². The molecule has 1 heterocycles. The van der Waals surface area contributed by atoms with Gasteiger partial charge in [0.2, 0.25) is 5.91 Å². The molecule has 0 bridgehead atoms. The average Bonchev–Trinajstić information content (AvgIpc) is 2.48. The highest BCUT2D eigenvalue weighted by Gasteiger charge is 2.21. The number of rotatable bonds is 3. The van der Waals surface area contributed by atoms with Crippen LogP contribution in [0.15, 0.2) is 0 Å². The van der Waals surface area contributed by atoms with Crippen molar-refractivity contribution in [1.29, 1.82) is 0 Å². The first kappa shape index (κ1) is 12.8. The molecule has 1 atom stereocenters. The predicted octanol–water partition coefficient (Wildman–Crippen LogP) is 1.18. The minimum absolute atomic E-state index is 0.0993. The maximum absolute atomic E-state index is 11.3. The normalized spacial score (nSPS) is 20.4. The van der Waals surface area contributed by atoms with Crippen LogP contribution in [0.1, 0.15) is 40.0 Å². The van der Waals surface area contributed by atoms with Crippen LogP contribution >= 0.6 is 0 Å². The molecule has 16 heavy (non-hydrogen) atoms. The van der Waals surface area contributed by atoms with E-state index in [-0.39, 0.29) is 11.9 Å². The van der Waals surface area contributed by atoms with Crippen molar-refractivity contribution in [1.82, 2.24) is 10.6 Å². The molecule has 0 spiro atoms. The van der Waals surface area contributed by atoms with Crippen LogP contribution in [0.2, 0.25) is 0 Å². The summed E-state index contributed by atoms with van der Waals surface area (Å²) in [6, 6.07) is 0.197. The van der Waals surface area contributed by atoms with E-state index < -0.39 is 11.7 Å². The Kier molecular flexibility index (Phi) is 4.15. The number of ether oxygens (including phenoxy) is 1. The molecule has 2 N–H and O–H groups in total. The highest BCUT2D eigenvalue weighted by atomic mass is 16.6. The summed E-state index contributed by atoms with van der Waals surface area (Å²) in [5.41, 5.74) is -0.467. The summed E-state index contributed by atoms with van der Waals surface area (Å²) < 4.78 is 5.09. The summed E-state index contributed by atoms with van der Waals surface area (Å²) in [6.07, 6.45) is 1.80. The molecule has 5 nitrogen and oxygen atoms in total. The van der Waals surface area contributed by atoms with Gasteiger partial charge in [0.25, 0.3) is 0 Å². The van der Waals surface area contributed by atoms with Crippen LogP contribution in [-0.2, 0) is 9.53 Å². The van der Waals surface area contributed by atoms with Crippen molar-refractivity contribution >= 4 is 12.0 Å². The second-order valence-electron chi connectivity index (χ2n) is 5.02. The first-order valence-electron chi connectivity index (χ1n) is 5.63. The molecule has 2 amide bonds. The van der Waals surface area contributed by atoms with Crippen LogP contribution in [0.3, 0.4) is 0 Å². The third kappa shape index (κ3) is 5.00. The predicted molar refractivity (Wildman–Crippen MR) is 60.0 cm³/mol. The first-order chi connectivity index (χ1) is 7.37. The minimum Gasteiger partial charge on any atom is -0.444 e. The zero-order valence-corrected chi connectivity index (χ0v) is 10.1. The van der Waals surface area contributed by atoms with Gasteiger partial charge < -0.3 is 15.4 Å². The molecule has 5 heteroatoms. The number of nitrogens with one attached hydrogen (secondary N) is 2. The lowest BCUT2D eigenvalue weighted by Gasteiger charge is -2.20. The Labute approximate surface area is 95.9 Å². The highest BCUT2D eigenvalue weighted by molar-refractivity contribution is 5.78. The topological polar surface area (TPSA) is 67.4 Å².